The van der Waals surface area contributed by atoms with Crippen LogP contribution in [-0.4, -0.2) is 24.6 Å². The SMILES string of the molecule is CC(C)Oc1ccc([C@H]2CCC[C@@H]2NCC(N)=O)cc1. The third kappa shape index (κ3) is 3.97. The average Bonchev–Trinajstić information content (AvgIpc) is 2.85. The van der Waals surface area contributed by atoms with Gasteiger partial charge in [0.2, 0.25) is 5.91 Å². The lowest BCUT2D eigenvalue weighted by atomic mass is 9.94. The molecule has 20 heavy (non-hydrogen) atoms. The first-order valence-electron chi connectivity index (χ1n) is 7.34. The van der Waals surface area contributed by atoms with Gasteiger partial charge in [0.15, 0.2) is 0 Å². The zero-order chi connectivity index (χ0) is 14.5. The fraction of sp³-hybridized carbons (Fsp3) is 0.562. The molecular formula is C16H24N2O2. The lowest BCUT2D eigenvalue weighted by Gasteiger charge is -2.21. The fourth-order valence-electron chi connectivity index (χ4n) is 2.90. The number of amides is 1. The Kier molecular flexibility index (Phi) is 5.01. The van der Waals surface area contributed by atoms with Crippen LogP contribution in [0.1, 0.15) is 44.6 Å². The summed E-state index contributed by atoms with van der Waals surface area (Å²) < 4.78 is 5.66. The maximum Gasteiger partial charge on any atom is 0.231 e. The molecule has 0 aliphatic heterocycles. The number of nitrogens with one attached hydrogen (secondary N) is 1. The number of hydrogen-bond donors (Lipinski definition) is 2. The molecule has 1 fully saturated rings. The Morgan fingerprint density at radius 1 is 1.35 bits per heavy atom. The molecule has 0 aromatic heterocycles. The predicted molar refractivity (Wildman–Crippen MR) is 79.8 cm³/mol. The van der Waals surface area contributed by atoms with Gasteiger partial charge in [0.05, 0.1) is 12.6 Å². The Labute approximate surface area is 120 Å². The predicted octanol–water partition coefficient (Wildman–Crippen LogP) is 2.18. The minimum absolute atomic E-state index is 0.192. The molecule has 0 unspecified atom stereocenters. The minimum atomic E-state index is -0.295. The van der Waals surface area contributed by atoms with Crippen LogP contribution in [0.15, 0.2) is 24.3 Å². The Morgan fingerprint density at radius 3 is 2.65 bits per heavy atom. The van der Waals surface area contributed by atoms with Gasteiger partial charge in [-0.1, -0.05) is 18.6 Å². The molecule has 2 rings (SSSR count). The molecule has 1 aromatic rings. The molecule has 110 valence electrons. The molecule has 0 bridgehead atoms. The lowest BCUT2D eigenvalue weighted by Crippen LogP contribution is -2.37. The number of benzene rings is 1. The van der Waals surface area contributed by atoms with Gasteiger partial charge in [-0.15, -0.1) is 0 Å². The van der Waals surface area contributed by atoms with Crippen molar-refractivity contribution in [3.05, 3.63) is 29.8 Å². The van der Waals surface area contributed by atoms with E-state index in [-0.39, 0.29) is 18.6 Å². The smallest absolute Gasteiger partial charge is 0.231 e. The molecule has 1 aromatic carbocycles. The van der Waals surface area contributed by atoms with Gasteiger partial charge in [-0.3, -0.25) is 4.79 Å². The summed E-state index contributed by atoms with van der Waals surface area (Å²) >= 11 is 0. The second kappa shape index (κ2) is 6.75. The van der Waals surface area contributed by atoms with Crippen LogP contribution in [-0.2, 0) is 4.79 Å². The molecule has 0 spiro atoms. The number of nitrogens with two attached hydrogens (primary N) is 1. The van der Waals surface area contributed by atoms with Crippen LogP contribution in [0.4, 0.5) is 0 Å². The van der Waals surface area contributed by atoms with Gasteiger partial charge >= 0.3 is 0 Å². The van der Waals surface area contributed by atoms with E-state index in [1.807, 2.05) is 26.0 Å². The summed E-state index contributed by atoms with van der Waals surface area (Å²) in [5.41, 5.74) is 6.51. The highest BCUT2D eigenvalue weighted by Crippen LogP contribution is 2.35. The number of primary amides is 1. The van der Waals surface area contributed by atoms with Crippen LogP contribution in [0.3, 0.4) is 0 Å². The van der Waals surface area contributed by atoms with Crippen LogP contribution in [0.2, 0.25) is 0 Å². The topological polar surface area (TPSA) is 64.3 Å². The number of ether oxygens (including phenoxy) is 1. The van der Waals surface area contributed by atoms with Crippen molar-refractivity contribution in [2.45, 2.75) is 51.2 Å². The summed E-state index contributed by atoms with van der Waals surface area (Å²) in [4.78, 5) is 10.9. The molecule has 3 N–H and O–H groups in total. The monoisotopic (exact) mass is 276 g/mol. The third-order valence-electron chi connectivity index (χ3n) is 3.73. The van der Waals surface area contributed by atoms with E-state index in [0.29, 0.717) is 12.0 Å². The standard InChI is InChI=1S/C16H24N2O2/c1-11(2)20-13-8-6-12(7-9-13)14-4-3-5-15(14)18-10-16(17)19/h6-9,11,14-15,18H,3-5,10H2,1-2H3,(H2,17,19)/t14-,15+/m1/s1. The molecule has 1 amide bonds. The van der Waals surface area contributed by atoms with Crippen molar-refractivity contribution in [3.8, 4) is 5.75 Å². The van der Waals surface area contributed by atoms with Gasteiger partial charge in [-0.05, 0) is 50.3 Å². The number of carbonyl (C=O) groups is 1. The molecule has 2 atom stereocenters. The van der Waals surface area contributed by atoms with Gasteiger partial charge in [0.25, 0.3) is 0 Å². The van der Waals surface area contributed by atoms with E-state index in [9.17, 15) is 4.79 Å². The lowest BCUT2D eigenvalue weighted by molar-refractivity contribution is -0.117. The van der Waals surface area contributed by atoms with E-state index >= 15 is 0 Å². The first-order valence-corrected chi connectivity index (χ1v) is 7.34. The van der Waals surface area contributed by atoms with Gasteiger partial charge in [0.1, 0.15) is 5.75 Å². The second-order valence-electron chi connectivity index (χ2n) is 5.73. The zero-order valence-electron chi connectivity index (χ0n) is 12.3. The van der Waals surface area contributed by atoms with E-state index in [4.69, 9.17) is 10.5 Å². The molecule has 0 saturated heterocycles. The highest BCUT2D eigenvalue weighted by Gasteiger charge is 2.28. The van der Waals surface area contributed by atoms with Crippen molar-refractivity contribution < 1.29 is 9.53 Å². The molecule has 4 heteroatoms. The summed E-state index contributed by atoms with van der Waals surface area (Å²) in [6, 6.07) is 8.66. The van der Waals surface area contributed by atoms with Crippen molar-refractivity contribution in [1.82, 2.24) is 5.32 Å². The Balaban J connectivity index is 2.00. The number of hydrogen-bond acceptors (Lipinski definition) is 3. The van der Waals surface area contributed by atoms with Gasteiger partial charge in [-0.2, -0.15) is 0 Å². The summed E-state index contributed by atoms with van der Waals surface area (Å²) in [5.74, 6) is 1.07. The quantitative estimate of drug-likeness (QED) is 0.837. The van der Waals surface area contributed by atoms with Crippen LogP contribution in [0, 0.1) is 0 Å². The highest BCUT2D eigenvalue weighted by atomic mass is 16.5. The second-order valence-corrected chi connectivity index (χ2v) is 5.73. The van der Waals surface area contributed by atoms with E-state index in [1.54, 1.807) is 0 Å². The Bertz CT molecular complexity index is 442. The van der Waals surface area contributed by atoms with Gasteiger partial charge < -0.3 is 15.8 Å². The third-order valence-corrected chi connectivity index (χ3v) is 3.73. The molecule has 0 radical (unpaired) electrons. The Hall–Kier alpha value is -1.55. The molecule has 4 nitrogen and oxygen atoms in total. The van der Waals surface area contributed by atoms with E-state index in [0.717, 1.165) is 18.6 Å². The van der Waals surface area contributed by atoms with Crippen molar-refractivity contribution in [1.29, 1.82) is 0 Å². The van der Waals surface area contributed by atoms with E-state index in [2.05, 4.69) is 17.4 Å². The molecule has 0 heterocycles. The molecular weight excluding hydrogens is 252 g/mol. The van der Waals surface area contributed by atoms with Crippen LogP contribution >= 0.6 is 0 Å². The minimum Gasteiger partial charge on any atom is -0.491 e. The molecule has 1 saturated carbocycles. The zero-order valence-corrected chi connectivity index (χ0v) is 12.3. The molecule has 1 aliphatic carbocycles. The first kappa shape index (κ1) is 14.9. The maximum atomic E-state index is 10.9. The number of carbonyl (C=O) groups excluding carboxylic acids is 1. The van der Waals surface area contributed by atoms with Gasteiger partial charge in [-0.25, -0.2) is 0 Å². The van der Waals surface area contributed by atoms with Crippen molar-refractivity contribution in [2.75, 3.05) is 6.54 Å². The van der Waals surface area contributed by atoms with Crippen LogP contribution in [0.5, 0.6) is 5.75 Å². The maximum absolute atomic E-state index is 10.9. The van der Waals surface area contributed by atoms with Crippen molar-refractivity contribution in [2.24, 2.45) is 5.73 Å². The number of rotatable bonds is 6. The highest BCUT2D eigenvalue weighted by molar-refractivity contribution is 5.75. The van der Waals surface area contributed by atoms with Crippen LogP contribution < -0.4 is 15.8 Å². The summed E-state index contributed by atoms with van der Waals surface area (Å²) in [5, 5.41) is 3.27. The average molecular weight is 276 g/mol. The largest absolute Gasteiger partial charge is 0.491 e. The van der Waals surface area contributed by atoms with E-state index in [1.165, 1.54) is 12.0 Å². The van der Waals surface area contributed by atoms with Crippen molar-refractivity contribution in [3.63, 3.8) is 0 Å². The Morgan fingerprint density at radius 2 is 2.05 bits per heavy atom. The first-order chi connectivity index (χ1) is 9.56. The fourth-order valence-corrected chi connectivity index (χ4v) is 2.90. The van der Waals surface area contributed by atoms with Crippen molar-refractivity contribution >= 4 is 5.91 Å². The summed E-state index contributed by atoms with van der Waals surface area (Å²) in [6.45, 7) is 4.30. The summed E-state index contributed by atoms with van der Waals surface area (Å²) in [6.07, 6.45) is 3.63. The normalized spacial score (nSPS) is 22.1. The van der Waals surface area contributed by atoms with Gasteiger partial charge in [0, 0.05) is 6.04 Å². The van der Waals surface area contributed by atoms with Crippen LogP contribution in [0.25, 0.3) is 0 Å². The molecule has 1 aliphatic rings. The van der Waals surface area contributed by atoms with E-state index < -0.39 is 0 Å². The summed E-state index contributed by atoms with van der Waals surface area (Å²) in [7, 11) is 0.